The van der Waals surface area contributed by atoms with Crippen LogP contribution in [0.5, 0.6) is 0 Å². The highest BCUT2D eigenvalue weighted by Crippen LogP contribution is 2.31. The van der Waals surface area contributed by atoms with Gasteiger partial charge in [-0.3, -0.25) is 0 Å². The van der Waals surface area contributed by atoms with Crippen molar-refractivity contribution in [3.05, 3.63) is 5.28 Å². The van der Waals surface area contributed by atoms with Crippen molar-refractivity contribution in [1.82, 2.24) is 15.0 Å². The molecule has 0 saturated heterocycles. The molecular formula is C15H26ClN5. The monoisotopic (exact) mass is 311 g/mol. The zero-order valence-electron chi connectivity index (χ0n) is 13.5. The van der Waals surface area contributed by atoms with Gasteiger partial charge in [-0.25, -0.2) is 0 Å². The fraction of sp³-hybridized carbons (Fsp3) is 0.800. The third kappa shape index (κ3) is 4.43. The Hall–Kier alpha value is -1.10. The van der Waals surface area contributed by atoms with Crippen LogP contribution in [0.3, 0.4) is 0 Å². The van der Waals surface area contributed by atoms with E-state index in [1.54, 1.807) is 0 Å². The molecule has 0 aliphatic heterocycles. The fourth-order valence-electron chi connectivity index (χ4n) is 2.34. The molecule has 0 N–H and O–H groups in total. The van der Waals surface area contributed by atoms with Crippen LogP contribution in [0.4, 0.5) is 11.9 Å². The number of anilines is 2. The highest BCUT2D eigenvalue weighted by molar-refractivity contribution is 6.28. The average Bonchev–Trinajstić information content (AvgIpc) is 3.24. The average molecular weight is 312 g/mol. The van der Waals surface area contributed by atoms with E-state index < -0.39 is 0 Å². The van der Waals surface area contributed by atoms with Gasteiger partial charge in [0, 0.05) is 25.7 Å². The van der Waals surface area contributed by atoms with Gasteiger partial charge in [0.05, 0.1) is 0 Å². The SMILES string of the molecule is CCN(CC)c1nc(Cl)nc(N(CCC(C)C)C2CC2)n1. The van der Waals surface area contributed by atoms with E-state index in [1.807, 2.05) is 0 Å². The standard InChI is InChI=1S/C15H26ClN5/c1-5-20(6-2)14-17-13(16)18-15(19-14)21(12-7-8-12)10-9-11(3)4/h11-12H,5-10H2,1-4H3. The predicted molar refractivity (Wildman–Crippen MR) is 88.2 cm³/mol. The van der Waals surface area contributed by atoms with Crippen molar-refractivity contribution < 1.29 is 0 Å². The van der Waals surface area contributed by atoms with Gasteiger partial charge in [0.15, 0.2) is 0 Å². The van der Waals surface area contributed by atoms with E-state index in [0.717, 1.165) is 32.0 Å². The Balaban J connectivity index is 2.23. The molecule has 0 amide bonds. The highest BCUT2D eigenvalue weighted by atomic mass is 35.5. The van der Waals surface area contributed by atoms with E-state index in [2.05, 4.69) is 52.4 Å². The highest BCUT2D eigenvalue weighted by Gasteiger charge is 2.31. The van der Waals surface area contributed by atoms with E-state index in [-0.39, 0.29) is 5.28 Å². The zero-order chi connectivity index (χ0) is 15.4. The minimum absolute atomic E-state index is 0.289. The largest absolute Gasteiger partial charge is 0.341 e. The molecule has 1 heterocycles. The smallest absolute Gasteiger partial charge is 0.231 e. The van der Waals surface area contributed by atoms with Gasteiger partial charge >= 0.3 is 0 Å². The zero-order valence-corrected chi connectivity index (χ0v) is 14.3. The van der Waals surface area contributed by atoms with Crippen molar-refractivity contribution >= 4 is 23.5 Å². The van der Waals surface area contributed by atoms with Crippen LogP contribution in [0.1, 0.15) is 47.0 Å². The third-order valence-corrected chi connectivity index (χ3v) is 3.99. The molecule has 1 aromatic rings. The Labute approximate surface area is 132 Å². The lowest BCUT2D eigenvalue weighted by molar-refractivity contribution is 0.565. The topological polar surface area (TPSA) is 45.2 Å². The summed E-state index contributed by atoms with van der Waals surface area (Å²) >= 11 is 6.12. The molecule has 0 atom stereocenters. The number of rotatable bonds is 8. The third-order valence-electron chi connectivity index (χ3n) is 3.82. The van der Waals surface area contributed by atoms with Crippen LogP contribution in [0, 0.1) is 5.92 Å². The Morgan fingerprint density at radius 3 is 2.24 bits per heavy atom. The van der Waals surface area contributed by atoms with E-state index >= 15 is 0 Å². The van der Waals surface area contributed by atoms with Crippen LogP contribution in [0.15, 0.2) is 0 Å². The molecule has 21 heavy (non-hydrogen) atoms. The normalized spacial score (nSPS) is 14.6. The van der Waals surface area contributed by atoms with Crippen LogP contribution >= 0.6 is 11.6 Å². The summed E-state index contributed by atoms with van der Waals surface area (Å²) in [6.45, 7) is 11.4. The summed E-state index contributed by atoms with van der Waals surface area (Å²) in [4.78, 5) is 17.7. The molecule has 1 aliphatic rings. The summed E-state index contributed by atoms with van der Waals surface area (Å²) in [6.07, 6.45) is 3.59. The van der Waals surface area contributed by atoms with Crippen molar-refractivity contribution in [1.29, 1.82) is 0 Å². The molecule has 0 aromatic carbocycles. The fourth-order valence-corrected chi connectivity index (χ4v) is 2.49. The lowest BCUT2D eigenvalue weighted by Gasteiger charge is -2.25. The summed E-state index contributed by atoms with van der Waals surface area (Å²) in [7, 11) is 0. The first-order valence-electron chi connectivity index (χ1n) is 7.98. The molecule has 0 spiro atoms. The molecule has 118 valence electrons. The van der Waals surface area contributed by atoms with Crippen molar-refractivity contribution in [2.75, 3.05) is 29.4 Å². The molecular weight excluding hydrogens is 286 g/mol. The van der Waals surface area contributed by atoms with Gasteiger partial charge in [0.1, 0.15) is 0 Å². The molecule has 6 heteroatoms. The predicted octanol–water partition coefficient (Wildman–Crippen LogP) is 3.39. The Morgan fingerprint density at radius 1 is 1.10 bits per heavy atom. The van der Waals surface area contributed by atoms with Crippen molar-refractivity contribution in [2.24, 2.45) is 5.92 Å². The quantitative estimate of drug-likeness (QED) is 0.736. The second-order valence-electron chi connectivity index (χ2n) is 5.98. The molecule has 5 nitrogen and oxygen atoms in total. The summed E-state index contributed by atoms with van der Waals surface area (Å²) in [6, 6.07) is 0.576. The van der Waals surface area contributed by atoms with Crippen molar-refractivity contribution in [3.8, 4) is 0 Å². The molecule has 0 unspecified atom stereocenters. The van der Waals surface area contributed by atoms with Crippen molar-refractivity contribution in [2.45, 2.75) is 53.0 Å². The second-order valence-corrected chi connectivity index (χ2v) is 6.32. The first kappa shape index (κ1) is 16.3. The maximum atomic E-state index is 6.12. The van der Waals surface area contributed by atoms with Crippen LogP contribution in [0.25, 0.3) is 0 Å². The van der Waals surface area contributed by atoms with Gasteiger partial charge in [-0.2, -0.15) is 15.0 Å². The first-order chi connectivity index (χ1) is 10.0. The van der Waals surface area contributed by atoms with Gasteiger partial charge in [0.25, 0.3) is 0 Å². The summed E-state index contributed by atoms with van der Waals surface area (Å²) in [5.74, 6) is 2.09. The number of aromatic nitrogens is 3. The minimum Gasteiger partial charge on any atom is -0.341 e. The van der Waals surface area contributed by atoms with Crippen LogP contribution in [-0.2, 0) is 0 Å². The number of hydrogen-bond acceptors (Lipinski definition) is 5. The first-order valence-corrected chi connectivity index (χ1v) is 8.36. The number of nitrogens with zero attached hydrogens (tertiary/aromatic N) is 5. The van der Waals surface area contributed by atoms with Crippen molar-refractivity contribution in [3.63, 3.8) is 0 Å². The lowest BCUT2D eigenvalue weighted by Crippen LogP contribution is -2.31. The summed E-state index contributed by atoms with van der Waals surface area (Å²) < 4.78 is 0. The minimum atomic E-state index is 0.289. The van der Waals surface area contributed by atoms with Crippen LogP contribution in [0.2, 0.25) is 5.28 Å². The van der Waals surface area contributed by atoms with Gasteiger partial charge < -0.3 is 9.80 Å². The molecule has 1 saturated carbocycles. The Bertz CT molecular complexity index is 457. The molecule has 2 rings (SSSR count). The Morgan fingerprint density at radius 2 is 1.71 bits per heavy atom. The number of hydrogen-bond donors (Lipinski definition) is 0. The lowest BCUT2D eigenvalue weighted by atomic mass is 10.1. The van der Waals surface area contributed by atoms with E-state index in [9.17, 15) is 0 Å². The van der Waals surface area contributed by atoms with Crippen LogP contribution < -0.4 is 9.80 Å². The van der Waals surface area contributed by atoms with Gasteiger partial charge in [-0.15, -0.1) is 0 Å². The second kappa shape index (κ2) is 7.25. The molecule has 0 radical (unpaired) electrons. The van der Waals surface area contributed by atoms with E-state index in [4.69, 9.17) is 11.6 Å². The Kier molecular flexibility index (Phi) is 5.62. The molecule has 1 aliphatic carbocycles. The van der Waals surface area contributed by atoms with Gasteiger partial charge in [-0.1, -0.05) is 13.8 Å². The number of halogens is 1. The maximum absolute atomic E-state index is 6.12. The molecule has 1 fully saturated rings. The summed E-state index contributed by atoms with van der Waals surface area (Å²) in [5.41, 5.74) is 0. The van der Waals surface area contributed by atoms with Gasteiger partial charge in [0.2, 0.25) is 17.2 Å². The van der Waals surface area contributed by atoms with E-state index in [0.29, 0.717) is 17.9 Å². The van der Waals surface area contributed by atoms with Crippen LogP contribution in [-0.4, -0.2) is 40.6 Å². The van der Waals surface area contributed by atoms with Gasteiger partial charge in [-0.05, 0) is 50.6 Å². The summed E-state index contributed by atoms with van der Waals surface area (Å²) in [5, 5.41) is 0.289. The van der Waals surface area contributed by atoms with E-state index in [1.165, 1.54) is 12.8 Å². The molecule has 1 aromatic heterocycles. The maximum Gasteiger partial charge on any atom is 0.231 e. The molecule has 0 bridgehead atoms.